The molecule has 100 valence electrons. The number of hydrogen-bond acceptors (Lipinski definition) is 5. The molecule has 0 aliphatic rings. The molecule has 6 heteroatoms. The number of methoxy groups -OCH3 is 1. The number of nitrogens with zero attached hydrogens (tertiary/aromatic N) is 2. The number of aromatic amines is 1. The van der Waals surface area contributed by atoms with Crippen LogP contribution in [0.25, 0.3) is 11.3 Å². The molecule has 5 nitrogen and oxygen atoms in total. The minimum Gasteiger partial charge on any atom is -0.492 e. The average molecular weight is 277 g/mol. The SMILES string of the molecule is CCOc1cncc(-c2cc(=S)nc(COC)[nH]2)c1. The first-order valence-corrected chi connectivity index (χ1v) is 6.31. The Bertz CT molecular complexity index is 613. The third-order valence-electron chi connectivity index (χ3n) is 2.41. The molecule has 2 rings (SSSR count). The van der Waals surface area contributed by atoms with Gasteiger partial charge in [0.2, 0.25) is 0 Å². The van der Waals surface area contributed by atoms with Crippen LogP contribution in [0.3, 0.4) is 0 Å². The first-order valence-electron chi connectivity index (χ1n) is 5.90. The Balaban J connectivity index is 2.40. The molecule has 0 bridgehead atoms. The maximum Gasteiger partial charge on any atom is 0.138 e. The topological polar surface area (TPSA) is 60.0 Å². The van der Waals surface area contributed by atoms with Crippen molar-refractivity contribution in [1.29, 1.82) is 0 Å². The number of hydrogen-bond donors (Lipinski definition) is 1. The summed E-state index contributed by atoms with van der Waals surface area (Å²) in [6, 6.07) is 3.70. The molecule has 0 amide bonds. The maximum atomic E-state index is 5.43. The van der Waals surface area contributed by atoms with E-state index in [0.717, 1.165) is 17.0 Å². The highest BCUT2D eigenvalue weighted by atomic mass is 32.1. The predicted molar refractivity (Wildman–Crippen MR) is 74.5 cm³/mol. The zero-order valence-corrected chi connectivity index (χ0v) is 11.7. The highest BCUT2D eigenvalue weighted by Gasteiger charge is 2.04. The van der Waals surface area contributed by atoms with E-state index in [1.54, 1.807) is 25.6 Å². The highest BCUT2D eigenvalue weighted by Crippen LogP contribution is 2.21. The lowest BCUT2D eigenvalue weighted by Crippen LogP contribution is -1.99. The highest BCUT2D eigenvalue weighted by molar-refractivity contribution is 7.71. The maximum absolute atomic E-state index is 5.43. The van der Waals surface area contributed by atoms with E-state index in [-0.39, 0.29) is 0 Å². The minimum absolute atomic E-state index is 0.385. The molecule has 0 unspecified atom stereocenters. The summed E-state index contributed by atoms with van der Waals surface area (Å²) < 4.78 is 11.0. The van der Waals surface area contributed by atoms with Gasteiger partial charge in [0.05, 0.1) is 18.5 Å². The van der Waals surface area contributed by atoms with Gasteiger partial charge in [-0.15, -0.1) is 0 Å². The molecule has 0 radical (unpaired) electrons. The predicted octanol–water partition coefficient (Wildman–Crippen LogP) is 2.75. The Morgan fingerprint density at radius 3 is 2.89 bits per heavy atom. The summed E-state index contributed by atoms with van der Waals surface area (Å²) in [7, 11) is 1.61. The summed E-state index contributed by atoms with van der Waals surface area (Å²) in [4.78, 5) is 11.5. The van der Waals surface area contributed by atoms with E-state index in [2.05, 4.69) is 15.0 Å². The zero-order chi connectivity index (χ0) is 13.7. The van der Waals surface area contributed by atoms with Crippen molar-refractivity contribution < 1.29 is 9.47 Å². The fraction of sp³-hybridized carbons (Fsp3) is 0.308. The summed E-state index contributed by atoms with van der Waals surface area (Å²) >= 11 is 5.15. The van der Waals surface area contributed by atoms with Gasteiger partial charge < -0.3 is 14.5 Å². The van der Waals surface area contributed by atoms with Crippen LogP contribution in [-0.4, -0.2) is 28.7 Å². The molecule has 0 aromatic carbocycles. The van der Waals surface area contributed by atoms with Crippen molar-refractivity contribution in [3.05, 3.63) is 35.0 Å². The molecule has 0 saturated heterocycles. The molecular weight excluding hydrogens is 262 g/mol. The van der Waals surface area contributed by atoms with E-state index in [1.807, 2.05) is 13.0 Å². The second-order valence-corrected chi connectivity index (χ2v) is 4.27. The van der Waals surface area contributed by atoms with Crippen molar-refractivity contribution in [3.63, 3.8) is 0 Å². The van der Waals surface area contributed by atoms with E-state index < -0.39 is 0 Å². The van der Waals surface area contributed by atoms with E-state index in [1.165, 1.54) is 0 Å². The molecule has 2 aromatic rings. The third-order valence-corrected chi connectivity index (χ3v) is 2.62. The lowest BCUT2D eigenvalue weighted by Gasteiger charge is -2.07. The van der Waals surface area contributed by atoms with Gasteiger partial charge in [0.1, 0.15) is 22.8 Å². The van der Waals surface area contributed by atoms with E-state index in [0.29, 0.717) is 23.7 Å². The Kier molecular flexibility index (Phi) is 4.59. The van der Waals surface area contributed by atoms with Gasteiger partial charge in [0.15, 0.2) is 0 Å². The Morgan fingerprint density at radius 1 is 1.32 bits per heavy atom. The standard InChI is InChI=1S/C13H15N3O2S/c1-3-18-10-4-9(6-14-7-10)11-5-13(19)16-12(15-11)8-17-2/h4-7H,3,8H2,1-2H3,(H,15,16,19). The lowest BCUT2D eigenvalue weighted by molar-refractivity contribution is 0.177. The van der Waals surface area contributed by atoms with Gasteiger partial charge in [-0.3, -0.25) is 4.98 Å². The van der Waals surface area contributed by atoms with E-state index in [9.17, 15) is 0 Å². The van der Waals surface area contributed by atoms with E-state index in [4.69, 9.17) is 21.7 Å². The van der Waals surface area contributed by atoms with Gasteiger partial charge in [-0.05, 0) is 19.1 Å². The molecule has 0 aliphatic carbocycles. The fourth-order valence-corrected chi connectivity index (χ4v) is 1.91. The van der Waals surface area contributed by atoms with Crippen molar-refractivity contribution in [2.45, 2.75) is 13.5 Å². The quantitative estimate of drug-likeness (QED) is 0.851. The van der Waals surface area contributed by atoms with Crippen molar-refractivity contribution in [2.75, 3.05) is 13.7 Å². The monoisotopic (exact) mass is 277 g/mol. The Labute approximate surface area is 116 Å². The first-order chi connectivity index (χ1) is 9.22. The number of H-pyrrole nitrogens is 1. The van der Waals surface area contributed by atoms with Crippen LogP contribution in [-0.2, 0) is 11.3 Å². The summed E-state index contributed by atoms with van der Waals surface area (Å²) in [6.07, 6.45) is 3.43. The van der Waals surface area contributed by atoms with Crippen molar-refractivity contribution in [3.8, 4) is 17.0 Å². The van der Waals surface area contributed by atoms with Crippen LogP contribution in [0.2, 0.25) is 0 Å². The number of aromatic nitrogens is 3. The van der Waals surface area contributed by atoms with Crippen LogP contribution in [0.4, 0.5) is 0 Å². The van der Waals surface area contributed by atoms with Crippen LogP contribution in [0.1, 0.15) is 12.7 Å². The normalized spacial score (nSPS) is 10.4. The Morgan fingerprint density at radius 2 is 2.16 bits per heavy atom. The van der Waals surface area contributed by atoms with Crippen LogP contribution in [0.15, 0.2) is 24.5 Å². The summed E-state index contributed by atoms with van der Waals surface area (Å²) in [5, 5.41) is 0. The molecule has 0 fully saturated rings. The third kappa shape index (κ3) is 3.59. The van der Waals surface area contributed by atoms with Crippen molar-refractivity contribution >= 4 is 12.2 Å². The first kappa shape index (κ1) is 13.6. The summed E-state index contributed by atoms with van der Waals surface area (Å²) in [5.41, 5.74) is 1.75. The second kappa shape index (κ2) is 6.40. The van der Waals surface area contributed by atoms with Crippen LogP contribution < -0.4 is 4.74 Å². The smallest absolute Gasteiger partial charge is 0.138 e. The fourth-order valence-electron chi connectivity index (χ4n) is 1.68. The molecule has 1 N–H and O–H groups in total. The molecule has 0 saturated carbocycles. The summed E-state index contributed by atoms with van der Waals surface area (Å²) in [6.45, 7) is 2.92. The molecule has 2 aromatic heterocycles. The number of nitrogens with one attached hydrogen (secondary N) is 1. The number of ether oxygens (including phenoxy) is 2. The van der Waals surface area contributed by atoms with Gasteiger partial charge in [-0.25, -0.2) is 4.98 Å². The van der Waals surface area contributed by atoms with Gasteiger partial charge in [-0.2, -0.15) is 0 Å². The van der Waals surface area contributed by atoms with Gasteiger partial charge in [-0.1, -0.05) is 12.2 Å². The second-order valence-electron chi connectivity index (χ2n) is 3.86. The van der Waals surface area contributed by atoms with E-state index >= 15 is 0 Å². The van der Waals surface area contributed by atoms with Gasteiger partial charge >= 0.3 is 0 Å². The number of rotatable bonds is 5. The Hall–Kier alpha value is -1.79. The molecule has 0 spiro atoms. The largest absolute Gasteiger partial charge is 0.492 e. The molecule has 19 heavy (non-hydrogen) atoms. The number of pyridine rings is 1. The molecular formula is C13H15N3O2S. The van der Waals surface area contributed by atoms with Crippen LogP contribution >= 0.6 is 12.2 Å². The average Bonchev–Trinajstić information content (AvgIpc) is 2.39. The lowest BCUT2D eigenvalue weighted by atomic mass is 10.2. The zero-order valence-electron chi connectivity index (χ0n) is 10.8. The minimum atomic E-state index is 0.385. The molecule has 2 heterocycles. The molecule has 0 atom stereocenters. The van der Waals surface area contributed by atoms with Crippen LogP contribution in [0.5, 0.6) is 5.75 Å². The molecule has 0 aliphatic heterocycles. The van der Waals surface area contributed by atoms with Crippen molar-refractivity contribution in [1.82, 2.24) is 15.0 Å². The summed E-state index contributed by atoms with van der Waals surface area (Å²) in [5.74, 6) is 1.41. The van der Waals surface area contributed by atoms with Gasteiger partial charge in [0, 0.05) is 18.9 Å². The van der Waals surface area contributed by atoms with Crippen LogP contribution in [0, 0.1) is 4.64 Å². The van der Waals surface area contributed by atoms with Gasteiger partial charge in [0.25, 0.3) is 0 Å². The van der Waals surface area contributed by atoms with Crippen molar-refractivity contribution in [2.24, 2.45) is 0 Å².